The number of hydrogen-bond donors (Lipinski definition) is 1. The lowest BCUT2D eigenvalue weighted by atomic mass is 10.0. The molecule has 2 aromatic carbocycles. The molecule has 7 rings (SSSR count). The van der Waals surface area contributed by atoms with Crippen LogP contribution in [0.3, 0.4) is 0 Å². The van der Waals surface area contributed by atoms with E-state index in [-0.39, 0.29) is 42.0 Å². The van der Waals surface area contributed by atoms with Gasteiger partial charge in [-0.2, -0.15) is 4.39 Å². The van der Waals surface area contributed by atoms with Crippen LogP contribution in [0.25, 0.3) is 11.3 Å². The largest absolute Gasteiger partial charge is 0.490 e. The molecule has 51 heavy (non-hydrogen) atoms. The number of aromatic nitrogens is 1. The summed E-state index contributed by atoms with van der Waals surface area (Å²) in [6.45, 7) is 5.98. The van der Waals surface area contributed by atoms with Crippen molar-refractivity contribution in [2.45, 2.75) is 38.1 Å². The Morgan fingerprint density at radius 3 is 2.35 bits per heavy atom. The molecular formula is C35H37F3N6O6S. The van der Waals surface area contributed by atoms with Crippen LogP contribution >= 0.6 is 11.3 Å². The molecule has 0 aliphatic carbocycles. The molecule has 1 N–H and O–H groups in total. The molecule has 0 bridgehead atoms. The Hall–Kier alpha value is -4.54. The van der Waals surface area contributed by atoms with E-state index in [1.165, 1.54) is 23.5 Å². The fraction of sp³-hybridized carbons (Fsp3) is 0.457. The number of benzene rings is 2. The summed E-state index contributed by atoms with van der Waals surface area (Å²) in [6.07, 6.45) is 2.30. The summed E-state index contributed by atoms with van der Waals surface area (Å²) in [7, 11) is 0. The van der Waals surface area contributed by atoms with Crippen LogP contribution in [0, 0.1) is 17.5 Å². The van der Waals surface area contributed by atoms with Crippen molar-refractivity contribution >= 4 is 45.8 Å². The van der Waals surface area contributed by atoms with Crippen molar-refractivity contribution < 1.29 is 41.8 Å². The van der Waals surface area contributed by atoms with Crippen molar-refractivity contribution in [1.29, 1.82) is 0 Å². The smallest absolute Gasteiger partial charge is 0.262 e. The molecular weight excluding hydrogens is 689 g/mol. The van der Waals surface area contributed by atoms with Gasteiger partial charge in [0.25, 0.3) is 11.8 Å². The third-order valence-corrected chi connectivity index (χ3v) is 10.6. The topological polar surface area (TPSA) is 125 Å². The second-order valence-electron chi connectivity index (χ2n) is 12.9. The molecule has 1 atom stereocenters. The Balaban J connectivity index is 0.881. The maximum Gasteiger partial charge on any atom is 0.262 e. The molecule has 12 nitrogen and oxygen atoms in total. The summed E-state index contributed by atoms with van der Waals surface area (Å²) in [4.78, 5) is 61.8. The highest BCUT2D eigenvalue weighted by atomic mass is 32.1. The maximum absolute atomic E-state index is 15.3. The fourth-order valence-electron chi connectivity index (χ4n) is 6.88. The number of carbonyl (C=O) groups is 4. The van der Waals surface area contributed by atoms with Gasteiger partial charge in [0.15, 0.2) is 16.7 Å². The van der Waals surface area contributed by atoms with Crippen LogP contribution in [0.1, 0.15) is 52.8 Å². The number of thiazole rings is 1. The summed E-state index contributed by atoms with van der Waals surface area (Å²) >= 11 is 1.44. The van der Waals surface area contributed by atoms with E-state index in [4.69, 9.17) is 9.47 Å². The van der Waals surface area contributed by atoms with Crippen LogP contribution in [-0.4, -0.2) is 110 Å². The van der Waals surface area contributed by atoms with Gasteiger partial charge in [0.05, 0.1) is 42.3 Å². The molecule has 3 aromatic rings. The minimum Gasteiger partial charge on any atom is -0.490 e. The number of morpholine rings is 1. The van der Waals surface area contributed by atoms with Crippen LogP contribution in [0.15, 0.2) is 29.6 Å². The molecule has 0 spiro atoms. The minimum absolute atomic E-state index is 0.00206. The van der Waals surface area contributed by atoms with E-state index in [0.29, 0.717) is 57.1 Å². The van der Waals surface area contributed by atoms with Crippen molar-refractivity contribution in [2.75, 3.05) is 75.4 Å². The lowest BCUT2D eigenvalue weighted by molar-refractivity contribution is -0.136. The van der Waals surface area contributed by atoms with Crippen LogP contribution < -0.4 is 19.9 Å². The normalized spacial score (nSPS) is 19.9. The standard InChI is InChI=1S/C35H37F3N6O6S/c36-24-5-4-21(26-20-51-35(39-26)43-13-16-49-17-14-43)31(30(24)38)50-15-3-1-2-8-41-9-11-42(12-10-41)28-19-23-22(18-25(28)37)33(47)44(34(23)48)27-6-7-29(45)40-32(27)46/h4-5,18-20,27H,1-3,6-17H2,(H,40,45,46). The van der Waals surface area contributed by atoms with E-state index in [9.17, 15) is 28.0 Å². The quantitative estimate of drug-likeness (QED) is 0.230. The van der Waals surface area contributed by atoms with Gasteiger partial charge in [0, 0.05) is 56.6 Å². The van der Waals surface area contributed by atoms with E-state index >= 15 is 4.39 Å². The number of anilines is 2. The highest BCUT2D eigenvalue weighted by molar-refractivity contribution is 7.14. The molecule has 1 unspecified atom stereocenters. The minimum atomic E-state index is -1.12. The summed E-state index contributed by atoms with van der Waals surface area (Å²) in [5, 5.41) is 4.77. The van der Waals surface area contributed by atoms with Gasteiger partial charge in [-0.15, -0.1) is 11.3 Å². The molecule has 4 aliphatic rings. The molecule has 3 saturated heterocycles. The Bertz CT molecular complexity index is 1840. The number of unbranched alkanes of at least 4 members (excludes halogenated alkanes) is 2. The highest BCUT2D eigenvalue weighted by Gasteiger charge is 2.45. The van der Waals surface area contributed by atoms with Crippen molar-refractivity contribution in [3.05, 3.63) is 58.2 Å². The Labute approximate surface area is 296 Å². The van der Waals surface area contributed by atoms with Crippen LogP contribution in [0.5, 0.6) is 5.75 Å². The highest BCUT2D eigenvalue weighted by Crippen LogP contribution is 2.37. The van der Waals surface area contributed by atoms with Crippen molar-refractivity contribution in [3.8, 4) is 17.0 Å². The van der Waals surface area contributed by atoms with E-state index in [1.54, 1.807) is 0 Å². The van der Waals surface area contributed by atoms with Crippen molar-refractivity contribution in [3.63, 3.8) is 0 Å². The zero-order chi connectivity index (χ0) is 35.6. The first-order valence-electron chi connectivity index (χ1n) is 17.1. The van der Waals surface area contributed by atoms with Crippen LogP contribution in [0.2, 0.25) is 0 Å². The van der Waals surface area contributed by atoms with Gasteiger partial charge in [-0.1, -0.05) is 0 Å². The van der Waals surface area contributed by atoms with E-state index in [1.807, 2.05) is 10.3 Å². The first-order chi connectivity index (χ1) is 24.7. The van der Waals surface area contributed by atoms with E-state index < -0.39 is 47.1 Å². The van der Waals surface area contributed by atoms with E-state index in [0.717, 1.165) is 54.6 Å². The van der Waals surface area contributed by atoms with Gasteiger partial charge in [0.1, 0.15) is 11.9 Å². The van der Waals surface area contributed by atoms with Crippen LogP contribution in [0.4, 0.5) is 24.0 Å². The number of nitrogens with zero attached hydrogens (tertiary/aromatic N) is 5. The molecule has 4 amide bonds. The average molecular weight is 727 g/mol. The molecule has 270 valence electrons. The summed E-state index contributed by atoms with van der Waals surface area (Å²) in [5.41, 5.74) is 1.11. The number of hydrogen-bond acceptors (Lipinski definition) is 11. The van der Waals surface area contributed by atoms with Gasteiger partial charge in [-0.3, -0.25) is 34.3 Å². The molecule has 1 aromatic heterocycles. The van der Waals surface area contributed by atoms with Gasteiger partial charge >= 0.3 is 0 Å². The first kappa shape index (κ1) is 34.9. The molecule has 16 heteroatoms. The third kappa shape index (κ3) is 7.17. The molecule has 4 aliphatic heterocycles. The van der Waals surface area contributed by atoms with Crippen molar-refractivity contribution in [2.24, 2.45) is 0 Å². The number of ether oxygens (including phenoxy) is 2. The zero-order valence-corrected chi connectivity index (χ0v) is 28.6. The molecule has 5 heterocycles. The van der Waals surface area contributed by atoms with E-state index in [2.05, 4.69) is 20.1 Å². The number of imide groups is 2. The Morgan fingerprint density at radius 1 is 0.863 bits per heavy atom. The Kier molecular flexibility index (Phi) is 10.2. The average Bonchev–Trinajstić information content (AvgIpc) is 3.71. The third-order valence-electron chi connectivity index (χ3n) is 9.68. The molecule has 0 saturated carbocycles. The maximum atomic E-state index is 15.3. The SMILES string of the molecule is O=C1CCC(N2C(=O)c3cc(F)c(N4CCN(CCCCCOc5c(-c6csc(N7CCOCC7)n6)ccc(F)c5F)CC4)cc3C2=O)C(=O)N1. The number of halogens is 3. The molecule has 3 fully saturated rings. The Morgan fingerprint density at radius 2 is 1.61 bits per heavy atom. The number of piperidine rings is 1. The summed E-state index contributed by atoms with van der Waals surface area (Å²) < 4.78 is 55.6. The number of rotatable bonds is 11. The molecule has 0 radical (unpaired) electrons. The number of fused-ring (bicyclic) bond motifs is 1. The van der Waals surface area contributed by atoms with Gasteiger partial charge < -0.3 is 19.3 Å². The first-order valence-corrected chi connectivity index (χ1v) is 18.0. The number of piperazine rings is 1. The lowest BCUT2D eigenvalue weighted by Crippen LogP contribution is -2.54. The van der Waals surface area contributed by atoms with Gasteiger partial charge in [-0.05, 0) is 56.5 Å². The predicted molar refractivity (Wildman–Crippen MR) is 182 cm³/mol. The predicted octanol–water partition coefficient (Wildman–Crippen LogP) is 3.84. The van der Waals surface area contributed by atoms with Crippen molar-refractivity contribution in [1.82, 2.24) is 20.1 Å². The number of amides is 4. The van der Waals surface area contributed by atoms with Gasteiger partial charge in [0.2, 0.25) is 17.6 Å². The second kappa shape index (κ2) is 15.0. The monoisotopic (exact) mass is 726 g/mol. The summed E-state index contributed by atoms with van der Waals surface area (Å²) in [5.74, 6) is -5.39. The summed E-state index contributed by atoms with van der Waals surface area (Å²) in [6, 6.07) is 3.91. The zero-order valence-electron chi connectivity index (χ0n) is 27.8. The lowest BCUT2D eigenvalue weighted by Gasteiger charge is -2.36. The van der Waals surface area contributed by atoms with Gasteiger partial charge in [-0.25, -0.2) is 13.8 Å². The number of nitrogens with one attached hydrogen (secondary N) is 1. The second-order valence-corrected chi connectivity index (χ2v) is 13.7. The number of carbonyl (C=O) groups excluding carboxylic acids is 4. The fourth-order valence-corrected chi connectivity index (χ4v) is 7.76. The van der Waals surface area contributed by atoms with Crippen LogP contribution in [-0.2, 0) is 14.3 Å².